The van der Waals surface area contributed by atoms with Gasteiger partial charge in [-0.1, -0.05) is 12.7 Å². The Morgan fingerprint density at radius 1 is 1.20 bits per heavy atom. The molecule has 0 saturated carbocycles. The van der Waals surface area contributed by atoms with Crippen LogP contribution in [0.2, 0.25) is 0 Å². The maximum atomic E-state index is 11.7. The van der Waals surface area contributed by atoms with Crippen molar-refractivity contribution in [1.82, 2.24) is 9.97 Å². The number of anilines is 1. The predicted molar refractivity (Wildman–Crippen MR) is 75.1 cm³/mol. The van der Waals surface area contributed by atoms with Crippen molar-refractivity contribution in [3.05, 3.63) is 12.1 Å². The van der Waals surface area contributed by atoms with Crippen molar-refractivity contribution in [1.29, 1.82) is 0 Å². The summed E-state index contributed by atoms with van der Waals surface area (Å²) in [5, 5.41) is 2.42. The SMILES string of the molecule is C=Cc1c(OC)nc(NC(=O)OC(C)(C)C)nc1OC. The lowest BCUT2D eigenvalue weighted by Crippen LogP contribution is -2.28. The van der Waals surface area contributed by atoms with Gasteiger partial charge in [0.15, 0.2) is 0 Å². The van der Waals surface area contributed by atoms with E-state index in [0.29, 0.717) is 5.56 Å². The lowest BCUT2D eigenvalue weighted by molar-refractivity contribution is 0.0634. The minimum absolute atomic E-state index is 0.0264. The number of nitrogens with one attached hydrogen (secondary N) is 1. The third-order valence-corrected chi connectivity index (χ3v) is 2.08. The van der Waals surface area contributed by atoms with E-state index in [1.165, 1.54) is 20.3 Å². The molecule has 1 rings (SSSR count). The van der Waals surface area contributed by atoms with Gasteiger partial charge in [-0.05, 0) is 20.8 Å². The zero-order valence-corrected chi connectivity index (χ0v) is 12.3. The maximum Gasteiger partial charge on any atom is 0.414 e. The topological polar surface area (TPSA) is 82.6 Å². The molecule has 1 amide bonds. The van der Waals surface area contributed by atoms with Crippen molar-refractivity contribution in [2.24, 2.45) is 0 Å². The van der Waals surface area contributed by atoms with Gasteiger partial charge in [-0.2, -0.15) is 9.97 Å². The summed E-state index contributed by atoms with van der Waals surface area (Å²) in [6.45, 7) is 8.91. The van der Waals surface area contributed by atoms with Crippen molar-refractivity contribution in [2.75, 3.05) is 19.5 Å². The Labute approximate surface area is 118 Å². The first-order chi connectivity index (χ1) is 9.30. The number of hydrogen-bond donors (Lipinski definition) is 1. The molecule has 20 heavy (non-hydrogen) atoms. The van der Waals surface area contributed by atoms with Gasteiger partial charge in [0.05, 0.1) is 19.8 Å². The minimum Gasteiger partial charge on any atom is -0.480 e. The molecule has 0 saturated heterocycles. The highest BCUT2D eigenvalue weighted by Gasteiger charge is 2.19. The van der Waals surface area contributed by atoms with Crippen LogP contribution >= 0.6 is 0 Å². The van der Waals surface area contributed by atoms with Crippen molar-refractivity contribution in [3.8, 4) is 11.8 Å². The van der Waals surface area contributed by atoms with Crippen molar-refractivity contribution < 1.29 is 19.0 Å². The molecule has 0 radical (unpaired) electrons. The van der Waals surface area contributed by atoms with Gasteiger partial charge in [0.25, 0.3) is 0 Å². The highest BCUT2D eigenvalue weighted by molar-refractivity contribution is 5.83. The lowest BCUT2D eigenvalue weighted by atomic mass is 10.2. The number of amides is 1. The average molecular weight is 281 g/mol. The van der Waals surface area contributed by atoms with E-state index < -0.39 is 11.7 Å². The molecular weight excluding hydrogens is 262 g/mol. The van der Waals surface area contributed by atoms with Crippen LogP contribution in [-0.2, 0) is 4.74 Å². The fourth-order valence-corrected chi connectivity index (χ4v) is 1.37. The van der Waals surface area contributed by atoms with Crippen molar-refractivity contribution in [3.63, 3.8) is 0 Å². The van der Waals surface area contributed by atoms with Crippen LogP contribution in [0.3, 0.4) is 0 Å². The van der Waals surface area contributed by atoms with E-state index in [1.807, 2.05) is 0 Å². The van der Waals surface area contributed by atoms with Crippen LogP contribution in [0.1, 0.15) is 26.3 Å². The van der Waals surface area contributed by atoms with Crippen LogP contribution in [0, 0.1) is 0 Å². The first-order valence-corrected chi connectivity index (χ1v) is 5.93. The molecule has 0 atom stereocenters. The van der Waals surface area contributed by atoms with Gasteiger partial charge in [0.2, 0.25) is 17.7 Å². The summed E-state index contributed by atoms with van der Waals surface area (Å²) in [6, 6.07) is 0. The Morgan fingerprint density at radius 2 is 1.70 bits per heavy atom. The molecule has 0 aliphatic heterocycles. The highest BCUT2D eigenvalue weighted by atomic mass is 16.6. The summed E-state index contributed by atoms with van der Waals surface area (Å²) in [5.41, 5.74) is -0.107. The smallest absolute Gasteiger partial charge is 0.414 e. The van der Waals surface area contributed by atoms with E-state index >= 15 is 0 Å². The molecule has 0 aliphatic carbocycles. The fourth-order valence-electron chi connectivity index (χ4n) is 1.37. The number of methoxy groups -OCH3 is 2. The summed E-state index contributed by atoms with van der Waals surface area (Å²) in [5.74, 6) is 0.523. The van der Waals surface area contributed by atoms with E-state index in [9.17, 15) is 4.79 Å². The van der Waals surface area contributed by atoms with Crippen LogP contribution in [0.15, 0.2) is 6.58 Å². The number of nitrogens with zero attached hydrogens (tertiary/aromatic N) is 2. The van der Waals surface area contributed by atoms with Crippen LogP contribution in [-0.4, -0.2) is 35.9 Å². The molecule has 0 bridgehead atoms. The number of ether oxygens (including phenoxy) is 3. The predicted octanol–water partition coefficient (Wildman–Crippen LogP) is 2.48. The van der Waals surface area contributed by atoms with E-state index in [-0.39, 0.29) is 17.7 Å². The molecule has 7 heteroatoms. The fraction of sp³-hybridized carbons (Fsp3) is 0.462. The third kappa shape index (κ3) is 4.11. The summed E-state index contributed by atoms with van der Waals surface area (Å²) >= 11 is 0. The Bertz CT molecular complexity index is 484. The average Bonchev–Trinajstić information content (AvgIpc) is 2.35. The molecule has 1 aromatic rings. The minimum atomic E-state index is -0.659. The van der Waals surface area contributed by atoms with Gasteiger partial charge in [0, 0.05) is 0 Å². The van der Waals surface area contributed by atoms with Crippen molar-refractivity contribution in [2.45, 2.75) is 26.4 Å². The maximum absolute atomic E-state index is 11.7. The summed E-state index contributed by atoms with van der Waals surface area (Å²) in [6.07, 6.45) is 0.850. The van der Waals surface area contributed by atoms with Gasteiger partial charge < -0.3 is 14.2 Å². The third-order valence-electron chi connectivity index (χ3n) is 2.08. The number of carbonyl (C=O) groups excluding carboxylic acids is 1. The number of carbonyl (C=O) groups is 1. The molecule has 110 valence electrons. The Kier molecular flexibility index (Phi) is 4.90. The lowest BCUT2D eigenvalue weighted by Gasteiger charge is -2.19. The van der Waals surface area contributed by atoms with Gasteiger partial charge in [-0.25, -0.2) is 4.79 Å². The van der Waals surface area contributed by atoms with Gasteiger partial charge in [-0.3, -0.25) is 5.32 Å². The molecule has 1 heterocycles. The Morgan fingerprint density at radius 3 is 2.05 bits per heavy atom. The molecule has 0 spiro atoms. The highest BCUT2D eigenvalue weighted by Crippen LogP contribution is 2.27. The zero-order chi connectivity index (χ0) is 15.3. The van der Waals surface area contributed by atoms with Crippen LogP contribution in [0.25, 0.3) is 6.08 Å². The standard InChI is InChI=1S/C13H19N3O4/c1-7-8-9(18-5)14-11(15-10(8)19-6)16-12(17)20-13(2,3)4/h7H,1H2,2-6H3,(H,14,15,16,17). The molecule has 1 N–H and O–H groups in total. The second kappa shape index (κ2) is 6.23. The van der Waals surface area contributed by atoms with Gasteiger partial charge >= 0.3 is 6.09 Å². The number of aromatic nitrogens is 2. The second-order valence-electron chi connectivity index (χ2n) is 4.81. The molecule has 7 nitrogen and oxygen atoms in total. The quantitative estimate of drug-likeness (QED) is 0.913. The molecule has 1 aromatic heterocycles. The van der Waals surface area contributed by atoms with E-state index in [2.05, 4.69) is 21.9 Å². The zero-order valence-electron chi connectivity index (χ0n) is 12.3. The summed E-state index contributed by atoms with van der Waals surface area (Å²) in [4.78, 5) is 19.8. The molecule has 0 aliphatic rings. The van der Waals surface area contributed by atoms with E-state index in [1.54, 1.807) is 20.8 Å². The van der Waals surface area contributed by atoms with Crippen LogP contribution in [0.5, 0.6) is 11.8 Å². The van der Waals surface area contributed by atoms with Gasteiger partial charge in [-0.15, -0.1) is 0 Å². The first-order valence-electron chi connectivity index (χ1n) is 5.93. The summed E-state index contributed by atoms with van der Waals surface area (Å²) < 4.78 is 15.3. The number of hydrogen-bond acceptors (Lipinski definition) is 6. The Balaban J connectivity index is 3.02. The van der Waals surface area contributed by atoms with E-state index in [0.717, 1.165) is 0 Å². The first kappa shape index (κ1) is 15.7. The second-order valence-corrected chi connectivity index (χ2v) is 4.81. The van der Waals surface area contributed by atoms with Crippen LogP contribution in [0.4, 0.5) is 10.7 Å². The largest absolute Gasteiger partial charge is 0.480 e. The molecule has 0 unspecified atom stereocenters. The monoisotopic (exact) mass is 281 g/mol. The number of rotatable bonds is 4. The van der Waals surface area contributed by atoms with Crippen LogP contribution < -0.4 is 14.8 Å². The van der Waals surface area contributed by atoms with E-state index in [4.69, 9.17) is 14.2 Å². The Hall–Kier alpha value is -2.31. The molecule has 0 fully saturated rings. The molecular formula is C13H19N3O4. The van der Waals surface area contributed by atoms with Gasteiger partial charge in [0.1, 0.15) is 5.60 Å². The summed E-state index contributed by atoms with van der Waals surface area (Å²) in [7, 11) is 2.90. The normalized spacial score (nSPS) is 10.7. The molecule has 0 aromatic carbocycles. The van der Waals surface area contributed by atoms with Crippen molar-refractivity contribution >= 4 is 18.1 Å².